The maximum atomic E-state index is 14.7. The van der Waals surface area contributed by atoms with E-state index >= 15 is 0 Å². The Bertz CT molecular complexity index is 2830. The Morgan fingerprint density at radius 1 is 0.471 bits per heavy atom. The quantitative estimate of drug-likeness (QED) is 0.0448. The van der Waals surface area contributed by atoms with Crippen molar-refractivity contribution in [2.45, 2.75) is 336 Å². The predicted octanol–water partition coefficient (Wildman–Crippen LogP) is 6.21. The molecule has 5 rings (SSSR count). The van der Waals surface area contributed by atoms with Gasteiger partial charge in [0.25, 0.3) is 0 Å². The van der Waals surface area contributed by atoms with Crippen LogP contribution in [0.25, 0.3) is 0 Å². The average molecular weight is 1460 g/mol. The molecular formula is C70H106O32. The zero-order valence-electron chi connectivity index (χ0n) is 61.4. The summed E-state index contributed by atoms with van der Waals surface area (Å²) in [5.41, 5.74) is 0. The van der Waals surface area contributed by atoms with Gasteiger partial charge in [-0.1, -0.05) is 84.6 Å². The SMILES string of the molecule is C/C=C\C(=O)O[C@@H]1[C@@H](OC(C)=O)[C@@H](OC(=O)[C@@H](C)[C@@H](C)OC(C)=O)[C@H](O[C@H]2[C@@H]3O[C@H]4[C@H](O[C@@H](CCCCC)CCCCCCCCCC(=O)O[C@@H]5[C@H](O[C@H]2[C@H](OC(C)=O)[C@@H](COC(C)=O)O3)O[C@H](COC(C)=O)[C@@H](OC(C)=O)[C@@H]5OC(=O)[C@@H](C)CC)O[C@H](C)[C@@H](OC(C)=O)[C@@H]4OC(C)=O)O[C@H]1C. The van der Waals surface area contributed by atoms with Crippen LogP contribution < -0.4 is 0 Å². The number of ether oxygens (including phenoxy) is 20. The van der Waals surface area contributed by atoms with E-state index in [1.54, 1.807) is 13.8 Å². The highest BCUT2D eigenvalue weighted by atomic mass is 16.8. The fraction of sp³-hybridized carbons (Fsp3) is 0.800. The minimum atomic E-state index is -2.23. The van der Waals surface area contributed by atoms with Gasteiger partial charge in [-0.15, -0.1) is 0 Å². The van der Waals surface area contributed by atoms with Gasteiger partial charge >= 0.3 is 71.6 Å². The predicted molar refractivity (Wildman–Crippen MR) is 346 cm³/mol. The van der Waals surface area contributed by atoms with Gasteiger partial charge in [-0.25, -0.2) is 4.79 Å². The highest BCUT2D eigenvalue weighted by Crippen LogP contribution is 2.42. The van der Waals surface area contributed by atoms with E-state index in [0.717, 1.165) is 93.6 Å². The van der Waals surface area contributed by atoms with E-state index < -0.39 is 232 Å². The van der Waals surface area contributed by atoms with Gasteiger partial charge in [-0.05, 0) is 60.3 Å². The molecule has 32 nitrogen and oxygen atoms in total. The van der Waals surface area contributed by atoms with Crippen LogP contribution in [0.5, 0.6) is 0 Å². The van der Waals surface area contributed by atoms with Crippen LogP contribution in [0.4, 0.5) is 0 Å². The second-order valence-electron chi connectivity index (χ2n) is 26.1. The zero-order chi connectivity index (χ0) is 75.7. The van der Waals surface area contributed by atoms with Gasteiger partial charge in [-0.2, -0.15) is 0 Å². The van der Waals surface area contributed by atoms with Crippen LogP contribution in [0.3, 0.4) is 0 Å². The van der Waals surface area contributed by atoms with Crippen molar-refractivity contribution in [3.63, 3.8) is 0 Å². The molecule has 0 aromatic rings. The van der Waals surface area contributed by atoms with Crippen LogP contribution in [0.15, 0.2) is 12.2 Å². The van der Waals surface area contributed by atoms with Gasteiger partial charge in [0.15, 0.2) is 86.2 Å². The number of unbranched alkanes of at least 4 members (excludes halogenated alkanes) is 2. The van der Waals surface area contributed by atoms with E-state index in [4.69, 9.17) is 94.7 Å². The summed E-state index contributed by atoms with van der Waals surface area (Å²) in [6, 6.07) is 0. The second-order valence-corrected chi connectivity index (χ2v) is 26.1. The number of carbonyl (C=O) groups excluding carboxylic acids is 12. The van der Waals surface area contributed by atoms with Crippen molar-refractivity contribution in [1.29, 1.82) is 0 Å². The number of rotatable bonds is 24. The summed E-state index contributed by atoms with van der Waals surface area (Å²) in [5.74, 6) is -13.5. The van der Waals surface area contributed by atoms with Crippen LogP contribution in [0, 0.1) is 11.8 Å². The van der Waals surface area contributed by atoms with Crippen molar-refractivity contribution < 1.29 is 152 Å². The first-order chi connectivity index (χ1) is 48.3. The molecule has 0 spiro atoms. The molecule has 5 saturated heterocycles. The average Bonchev–Trinajstić information content (AvgIpc) is 0.756. The third kappa shape index (κ3) is 26.3. The summed E-state index contributed by atoms with van der Waals surface area (Å²) < 4.78 is 126. The molecule has 5 heterocycles. The maximum absolute atomic E-state index is 14.7. The molecule has 102 heavy (non-hydrogen) atoms. The highest BCUT2D eigenvalue weighted by molar-refractivity contribution is 5.82. The van der Waals surface area contributed by atoms with Gasteiger partial charge in [-0.3, -0.25) is 52.7 Å². The van der Waals surface area contributed by atoms with Crippen LogP contribution in [-0.2, 0) is 152 Å². The Balaban J connectivity index is 1.99. The molecule has 0 N–H and O–H groups in total. The first-order valence-corrected chi connectivity index (χ1v) is 35.2. The first-order valence-electron chi connectivity index (χ1n) is 35.2. The van der Waals surface area contributed by atoms with Crippen molar-refractivity contribution in [2.75, 3.05) is 13.2 Å². The zero-order valence-corrected chi connectivity index (χ0v) is 61.4. The molecule has 0 radical (unpaired) electrons. The molecular weight excluding hydrogens is 1350 g/mol. The summed E-state index contributed by atoms with van der Waals surface area (Å²) in [6.07, 6.45) is -28.6. The van der Waals surface area contributed by atoms with Crippen LogP contribution in [0.1, 0.15) is 201 Å². The molecule has 0 amide bonds. The van der Waals surface area contributed by atoms with E-state index in [0.29, 0.717) is 38.5 Å². The third-order valence-electron chi connectivity index (χ3n) is 17.6. The largest absolute Gasteiger partial charge is 0.463 e. The minimum absolute atomic E-state index is 0.202. The van der Waals surface area contributed by atoms with E-state index in [1.807, 2.05) is 6.92 Å². The Hall–Kier alpha value is -6.94. The standard InChI is InChI=1S/C70H106O32/c1-17-20-26-30-48-31-27-24-22-21-23-25-28-32-52(80)97-61-59(98-65(81)35(4)19-3)55(89-44(13)75)49(33-83-40(9)71)94-69(61)100-60-56(90-45(14)76)50(34-84-41(10)72)95-70(102-63-57(91-46(15)77)53(88-43(12)74)38(7)86-67(63)93-48)64(60)101-68-62(99-66(82)36(5)37(6)85-42(11)73)58(92-47(16)78)54(39(8)87-68)96-51(79)29-18-2/h18,29,35-39,48-50,53-64,67-70H,17,19-28,30-34H2,1-16H3/b29-18-/t35-,36-,37+,38+,39-,48-,49+,50+,53+,54-,55+,56+,57-,58+,59-,60-,61-,62+,63+,64+,67-,68-,69-,70-/m0/s1. The molecule has 578 valence electrons. The smallest absolute Gasteiger partial charge is 0.330 e. The molecule has 0 aromatic heterocycles. The van der Waals surface area contributed by atoms with Crippen LogP contribution in [0.2, 0.25) is 0 Å². The Kier molecular flexibility index (Phi) is 35.4. The van der Waals surface area contributed by atoms with Gasteiger partial charge in [0, 0.05) is 67.9 Å². The number of allylic oxidation sites excluding steroid dienone is 1. The fourth-order valence-electron chi connectivity index (χ4n) is 12.3. The fourth-order valence-corrected chi connectivity index (χ4v) is 12.3. The number of hydrogen-bond donors (Lipinski definition) is 0. The monoisotopic (exact) mass is 1460 g/mol. The lowest BCUT2D eigenvalue weighted by atomic mass is 9.94. The Morgan fingerprint density at radius 3 is 1.55 bits per heavy atom. The number of hydrogen-bond acceptors (Lipinski definition) is 32. The molecule has 5 aliphatic heterocycles. The molecule has 0 aromatic carbocycles. The summed E-state index contributed by atoms with van der Waals surface area (Å²) in [7, 11) is 0. The minimum Gasteiger partial charge on any atom is -0.463 e. The van der Waals surface area contributed by atoms with Crippen molar-refractivity contribution in [3.8, 4) is 0 Å². The molecule has 2 bridgehead atoms. The van der Waals surface area contributed by atoms with E-state index in [1.165, 1.54) is 40.7 Å². The van der Waals surface area contributed by atoms with Crippen molar-refractivity contribution in [1.82, 2.24) is 0 Å². The lowest BCUT2D eigenvalue weighted by molar-refractivity contribution is -0.409. The van der Waals surface area contributed by atoms with Gasteiger partial charge in [0.2, 0.25) is 0 Å². The van der Waals surface area contributed by atoms with Gasteiger partial charge < -0.3 is 94.7 Å². The highest BCUT2D eigenvalue weighted by Gasteiger charge is 2.62. The second kappa shape index (κ2) is 42.1. The van der Waals surface area contributed by atoms with E-state index in [-0.39, 0.29) is 19.3 Å². The summed E-state index contributed by atoms with van der Waals surface area (Å²) in [5, 5.41) is 0. The van der Waals surface area contributed by atoms with Crippen molar-refractivity contribution in [3.05, 3.63) is 12.2 Å². The number of fused-ring (bicyclic) bond motifs is 4. The van der Waals surface area contributed by atoms with Crippen LogP contribution in [-0.4, -0.2) is 220 Å². The van der Waals surface area contributed by atoms with Crippen molar-refractivity contribution in [2.24, 2.45) is 11.8 Å². The molecule has 0 saturated carbocycles. The summed E-state index contributed by atoms with van der Waals surface area (Å²) in [6.45, 7) is 19.2. The number of carbonyl (C=O) groups is 12. The molecule has 24 atom stereocenters. The number of esters is 12. The summed E-state index contributed by atoms with van der Waals surface area (Å²) in [4.78, 5) is 163. The normalized spacial score (nSPS) is 32.9. The first kappa shape index (κ1) is 85.7. The maximum Gasteiger partial charge on any atom is 0.330 e. The molecule has 5 aliphatic rings. The lowest BCUT2D eigenvalue weighted by Crippen LogP contribution is -2.70. The molecule has 0 unspecified atom stereocenters. The Labute approximate surface area is 594 Å². The third-order valence-corrected chi connectivity index (χ3v) is 17.6. The Morgan fingerprint density at radius 2 is 0.971 bits per heavy atom. The van der Waals surface area contributed by atoms with Gasteiger partial charge in [0.1, 0.15) is 43.7 Å². The van der Waals surface area contributed by atoms with Gasteiger partial charge in [0.05, 0.1) is 30.1 Å². The van der Waals surface area contributed by atoms with E-state index in [2.05, 4.69) is 0 Å². The summed E-state index contributed by atoms with van der Waals surface area (Å²) >= 11 is 0. The molecule has 0 aliphatic carbocycles. The molecule has 32 heteroatoms. The topological polar surface area (TPSA) is 389 Å². The lowest BCUT2D eigenvalue weighted by Gasteiger charge is -2.52. The van der Waals surface area contributed by atoms with E-state index in [9.17, 15) is 57.5 Å². The van der Waals surface area contributed by atoms with Crippen molar-refractivity contribution >= 4 is 71.6 Å². The van der Waals surface area contributed by atoms with Crippen LogP contribution >= 0.6 is 0 Å². The molecule has 5 fully saturated rings.